The summed E-state index contributed by atoms with van der Waals surface area (Å²) in [7, 11) is 0. The molecule has 0 radical (unpaired) electrons. The molecule has 0 spiro atoms. The third kappa shape index (κ3) is 3.10. The number of alkyl halides is 3. The lowest BCUT2D eigenvalue weighted by molar-refractivity contribution is -0.137. The Morgan fingerprint density at radius 1 is 1.19 bits per heavy atom. The van der Waals surface area contributed by atoms with Gasteiger partial charge in [-0.2, -0.15) is 18.3 Å². The fourth-order valence-corrected chi connectivity index (χ4v) is 4.07. The molecule has 26 heavy (non-hydrogen) atoms. The van der Waals surface area contributed by atoms with Crippen molar-refractivity contribution >= 4 is 28.8 Å². The largest absolute Gasteiger partial charge is 0.416 e. The van der Waals surface area contributed by atoms with Gasteiger partial charge in [0.1, 0.15) is 11.5 Å². The lowest BCUT2D eigenvalue weighted by Gasteiger charge is -2.13. The van der Waals surface area contributed by atoms with Gasteiger partial charge in [-0.3, -0.25) is 0 Å². The first kappa shape index (κ1) is 17.4. The fourth-order valence-electron chi connectivity index (χ4n) is 3.14. The number of hydrogen-bond donors (Lipinski definition) is 1. The van der Waals surface area contributed by atoms with Crippen LogP contribution in [-0.2, 0) is 12.6 Å². The van der Waals surface area contributed by atoms with Gasteiger partial charge in [0.25, 0.3) is 0 Å². The molecule has 0 unspecified atom stereocenters. The smallest absolute Gasteiger partial charge is 0.370 e. The molecule has 0 bridgehead atoms. The summed E-state index contributed by atoms with van der Waals surface area (Å²) in [6.07, 6.45) is -1.62. The van der Waals surface area contributed by atoms with Crippen LogP contribution in [-0.4, -0.2) is 16.3 Å². The van der Waals surface area contributed by atoms with E-state index in [0.717, 1.165) is 59.9 Å². The lowest BCUT2D eigenvalue weighted by atomic mass is 10.1. The maximum absolute atomic E-state index is 13.2. The minimum atomic E-state index is -4.44. The molecule has 8 heteroatoms. The van der Waals surface area contributed by atoms with Crippen molar-refractivity contribution in [3.8, 4) is 16.3 Å². The molecule has 4 rings (SSSR count). The van der Waals surface area contributed by atoms with Gasteiger partial charge < -0.3 is 5.32 Å². The topological polar surface area (TPSA) is 29.9 Å². The molecule has 0 saturated carbocycles. The Morgan fingerprint density at radius 2 is 2.04 bits per heavy atom. The summed E-state index contributed by atoms with van der Waals surface area (Å²) in [6, 6.07) is 7.22. The average molecular weight is 398 g/mol. The van der Waals surface area contributed by atoms with Gasteiger partial charge in [-0.05, 0) is 48.9 Å². The minimum Gasteiger partial charge on any atom is -0.370 e. The van der Waals surface area contributed by atoms with Crippen molar-refractivity contribution in [2.45, 2.75) is 25.4 Å². The predicted octanol–water partition coefficient (Wildman–Crippen LogP) is 6.02. The maximum atomic E-state index is 13.2. The van der Waals surface area contributed by atoms with Gasteiger partial charge in [0, 0.05) is 12.1 Å². The first-order valence-electron chi connectivity index (χ1n) is 8.22. The molecule has 0 aliphatic carbocycles. The second-order valence-electron chi connectivity index (χ2n) is 6.11. The van der Waals surface area contributed by atoms with Crippen LogP contribution in [0.3, 0.4) is 0 Å². The summed E-state index contributed by atoms with van der Waals surface area (Å²) in [5.41, 5.74) is 1.32. The van der Waals surface area contributed by atoms with Crippen LogP contribution in [0.1, 0.15) is 24.0 Å². The van der Waals surface area contributed by atoms with E-state index in [1.165, 1.54) is 10.7 Å². The minimum absolute atomic E-state index is 0.229. The second kappa shape index (κ2) is 6.63. The number of anilines is 1. The molecule has 2 aromatic heterocycles. The van der Waals surface area contributed by atoms with Crippen molar-refractivity contribution in [2.75, 3.05) is 11.9 Å². The third-order valence-electron chi connectivity index (χ3n) is 4.39. The Hall–Kier alpha value is -1.99. The molecule has 3 heterocycles. The zero-order chi connectivity index (χ0) is 18.3. The van der Waals surface area contributed by atoms with Crippen LogP contribution in [0.15, 0.2) is 35.7 Å². The Morgan fingerprint density at radius 3 is 2.77 bits per heavy atom. The van der Waals surface area contributed by atoms with E-state index in [1.807, 2.05) is 17.5 Å². The molecular formula is C18H15ClF3N3S. The molecule has 0 saturated heterocycles. The van der Waals surface area contributed by atoms with Gasteiger partial charge in [-0.25, -0.2) is 4.68 Å². The Balaban J connectivity index is 1.93. The van der Waals surface area contributed by atoms with E-state index in [1.54, 1.807) is 11.3 Å². The van der Waals surface area contributed by atoms with Crippen LogP contribution in [0.4, 0.5) is 19.0 Å². The Labute approximate surface area is 157 Å². The number of aromatic nitrogens is 2. The van der Waals surface area contributed by atoms with Crippen molar-refractivity contribution in [1.82, 2.24) is 9.78 Å². The summed E-state index contributed by atoms with van der Waals surface area (Å²) >= 11 is 7.80. The molecule has 3 aromatic rings. The SMILES string of the molecule is FC(F)(F)c1ccc(Cl)c(-n2nc(-c3cccs3)c3c2NCCCC3)c1. The number of thiophene rings is 1. The first-order valence-corrected chi connectivity index (χ1v) is 9.47. The summed E-state index contributed by atoms with van der Waals surface area (Å²) < 4.78 is 41.0. The van der Waals surface area contributed by atoms with E-state index in [4.69, 9.17) is 11.6 Å². The van der Waals surface area contributed by atoms with Crippen LogP contribution in [0, 0.1) is 0 Å². The van der Waals surface area contributed by atoms with E-state index in [-0.39, 0.29) is 10.7 Å². The zero-order valence-electron chi connectivity index (χ0n) is 13.6. The Kier molecular flexibility index (Phi) is 4.44. The van der Waals surface area contributed by atoms with Crippen LogP contribution < -0.4 is 5.32 Å². The van der Waals surface area contributed by atoms with Gasteiger partial charge in [0.2, 0.25) is 0 Å². The summed E-state index contributed by atoms with van der Waals surface area (Å²) in [4.78, 5) is 0.992. The van der Waals surface area contributed by atoms with E-state index < -0.39 is 11.7 Å². The standard InChI is InChI=1S/C18H15ClF3N3S/c19-13-7-6-11(18(20,21)22)10-14(13)25-17-12(4-1-2-8-23-17)16(24-25)15-5-3-9-26-15/h3,5-7,9-10,23H,1-2,4,8H2. The molecule has 0 amide bonds. The zero-order valence-corrected chi connectivity index (χ0v) is 15.2. The maximum Gasteiger partial charge on any atom is 0.416 e. The predicted molar refractivity (Wildman–Crippen MR) is 98.3 cm³/mol. The van der Waals surface area contributed by atoms with Crippen LogP contribution in [0.5, 0.6) is 0 Å². The molecule has 0 fully saturated rings. The van der Waals surface area contributed by atoms with Gasteiger partial charge >= 0.3 is 6.18 Å². The molecule has 1 aliphatic heterocycles. The third-order valence-corrected chi connectivity index (χ3v) is 5.58. The van der Waals surface area contributed by atoms with E-state index in [9.17, 15) is 13.2 Å². The summed E-state index contributed by atoms with van der Waals surface area (Å²) in [5.74, 6) is 0.729. The quantitative estimate of drug-likeness (QED) is 0.573. The Bertz CT molecular complexity index is 932. The highest BCUT2D eigenvalue weighted by Crippen LogP contribution is 2.39. The molecule has 1 N–H and O–H groups in total. The highest BCUT2D eigenvalue weighted by atomic mass is 35.5. The van der Waals surface area contributed by atoms with Crippen LogP contribution in [0.25, 0.3) is 16.3 Å². The van der Waals surface area contributed by atoms with E-state index in [2.05, 4.69) is 10.4 Å². The van der Waals surface area contributed by atoms with E-state index in [0.29, 0.717) is 0 Å². The first-order chi connectivity index (χ1) is 12.4. The van der Waals surface area contributed by atoms with Crippen LogP contribution >= 0.6 is 22.9 Å². The number of fused-ring (bicyclic) bond motifs is 1. The number of nitrogens with zero attached hydrogens (tertiary/aromatic N) is 2. The highest BCUT2D eigenvalue weighted by molar-refractivity contribution is 7.13. The number of hydrogen-bond acceptors (Lipinski definition) is 3. The molecule has 1 aliphatic rings. The van der Waals surface area contributed by atoms with Crippen molar-refractivity contribution in [2.24, 2.45) is 0 Å². The van der Waals surface area contributed by atoms with Crippen molar-refractivity contribution in [3.63, 3.8) is 0 Å². The van der Waals surface area contributed by atoms with Gasteiger partial charge in [-0.15, -0.1) is 11.3 Å². The molecule has 1 aromatic carbocycles. The molecular weight excluding hydrogens is 383 g/mol. The number of halogens is 4. The van der Waals surface area contributed by atoms with Crippen LogP contribution in [0.2, 0.25) is 5.02 Å². The van der Waals surface area contributed by atoms with Gasteiger partial charge in [0.05, 0.1) is 21.2 Å². The number of rotatable bonds is 2. The number of benzene rings is 1. The lowest BCUT2D eigenvalue weighted by Crippen LogP contribution is -2.10. The van der Waals surface area contributed by atoms with Gasteiger partial charge in [-0.1, -0.05) is 17.7 Å². The normalized spacial score (nSPS) is 14.6. The van der Waals surface area contributed by atoms with Gasteiger partial charge in [0.15, 0.2) is 0 Å². The second-order valence-corrected chi connectivity index (χ2v) is 7.47. The molecule has 0 atom stereocenters. The fraction of sp³-hybridized carbons (Fsp3) is 0.278. The monoisotopic (exact) mass is 397 g/mol. The summed E-state index contributed by atoms with van der Waals surface area (Å²) in [5, 5.41) is 10.2. The van der Waals surface area contributed by atoms with Crippen molar-refractivity contribution in [1.29, 1.82) is 0 Å². The molecule has 3 nitrogen and oxygen atoms in total. The van der Waals surface area contributed by atoms with Crippen molar-refractivity contribution in [3.05, 3.63) is 51.9 Å². The summed E-state index contributed by atoms with van der Waals surface area (Å²) in [6.45, 7) is 0.749. The molecule has 136 valence electrons. The highest BCUT2D eigenvalue weighted by Gasteiger charge is 2.32. The average Bonchev–Trinajstić information content (AvgIpc) is 3.16. The van der Waals surface area contributed by atoms with E-state index >= 15 is 0 Å². The van der Waals surface area contributed by atoms with Crippen molar-refractivity contribution < 1.29 is 13.2 Å². The number of nitrogens with one attached hydrogen (secondary N) is 1.